The SMILES string of the molecule is Cc1nccn1[C@@H]1CC[C@@H](NC(=O)CCCn2cncn2)[C@H]1O. The zero-order valence-electron chi connectivity index (χ0n) is 13.2. The number of hydrogen-bond donors (Lipinski definition) is 2. The topological polar surface area (TPSA) is 97.9 Å². The van der Waals surface area contributed by atoms with Crippen molar-refractivity contribution in [2.24, 2.45) is 0 Å². The monoisotopic (exact) mass is 318 g/mol. The van der Waals surface area contributed by atoms with Crippen LogP contribution in [-0.4, -0.2) is 47.5 Å². The number of nitrogens with one attached hydrogen (secondary N) is 1. The molecule has 0 bridgehead atoms. The van der Waals surface area contributed by atoms with Crippen molar-refractivity contribution in [3.05, 3.63) is 30.9 Å². The van der Waals surface area contributed by atoms with Crippen LogP contribution in [0.4, 0.5) is 0 Å². The highest BCUT2D eigenvalue weighted by molar-refractivity contribution is 5.76. The fraction of sp³-hybridized carbons (Fsp3) is 0.600. The molecule has 1 saturated carbocycles. The Hall–Kier alpha value is -2.22. The van der Waals surface area contributed by atoms with Crippen molar-refractivity contribution in [2.75, 3.05) is 0 Å². The number of aromatic nitrogens is 5. The van der Waals surface area contributed by atoms with Gasteiger partial charge in [0.15, 0.2) is 0 Å². The van der Waals surface area contributed by atoms with Crippen LogP contribution in [0.1, 0.15) is 37.5 Å². The summed E-state index contributed by atoms with van der Waals surface area (Å²) in [5, 5.41) is 17.4. The molecule has 1 aliphatic carbocycles. The van der Waals surface area contributed by atoms with E-state index in [9.17, 15) is 9.90 Å². The van der Waals surface area contributed by atoms with E-state index in [-0.39, 0.29) is 18.0 Å². The number of nitrogens with zero attached hydrogens (tertiary/aromatic N) is 5. The lowest BCUT2D eigenvalue weighted by atomic mass is 10.1. The van der Waals surface area contributed by atoms with Gasteiger partial charge in [0, 0.05) is 25.4 Å². The van der Waals surface area contributed by atoms with E-state index < -0.39 is 6.10 Å². The van der Waals surface area contributed by atoms with Crippen molar-refractivity contribution < 1.29 is 9.90 Å². The Kier molecular flexibility index (Phi) is 4.71. The third kappa shape index (κ3) is 3.58. The van der Waals surface area contributed by atoms with Gasteiger partial charge in [-0.05, 0) is 26.2 Å². The van der Waals surface area contributed by atoms with Crippen molar-refractivity contribution in [3.8, 4) is 0 Å². The van der Waals surface area contributed by atoms with Crippen LogP contribution in [0.25, 0.3) is 0 Å². The van der Waals surface area contributed by atoms with Crippen LogP contribution in [0.15, 0.2) is 25.0 Å². The predicted molar refractivity (Wildman–Crippen MR) is 82.4 cm³/mol. The van der Waals surface area contributed by atoms with Gasteiger partial charge in [-0.15, -0.1) is 0 Å². The Morgan fingerprint density at radius 2 is 2.35 bits per heavy atom. The molecule has 0 unspecified atom stereocenters. The summed E-state index contributed by atoms with van der Waals surface area (Å²) in [5.41, 5.74) is 0. The van der Waals surface area contributed by atoms with E-state index in [0.29, 0.717) is 19.4 Å². The first-order chi connectivity index (χ1) is 11.1. The molecular weight excluding hydrogens is 296 g/mol. The van der Waals surface area contributed by atoms with Gasteiger partial charge in [-0.3, -0.25) is 9.48 Å². The van der Waals surface area contributed by atoms with Crippen molar-refractivity contribution in [2.45, 2.75) is 57.3 Å². The van der Waals surface area contributed by atoms with Crippen LogP contribution in [0.3, 0.4) is 0 Å². The second-order valence-corrected chi connectivity index (χ2v) is 5.95. The minimum atomic E-state index is -0.581. The molecule has 124 valence electrons. The van der Waals surface area contributed by atoms with Crippen molar-refractivity contribution in [1.29, 1.82) is 0 Å². The van der Waals surface area contributed by atoms with Gasteiger partial charge in [0.2, 0.25) is 5.91 Å². The quantitative estimate of drug-likeness (QED) is 0.805. The molecule has 1 fully saturated rings. The van der Waals surface area contributed by atoms with Gasteiger partial charge in [0.05, 0.1) is 18.2 Å². The number of carbonyl (C=O) groups is 1. The van der Waals surface area contributed by atoms with Crippen molar-refractivity contribution in [1.82, 2.24) is 29.6 Å². The molecule has 8 heteroatoms. The summed E-state index contributed by atoms with van der Waals surface area (Å²) in [6, 6.07) is -0.210. The number of carbonyl (C=O) groups excluding carboxylic acids is 1. The van der Waals surface area contributed by atoms with Crippen LogP contribution in [0.5, 0.6) is 0 Å². The number of imidazole rings is 1. The maximum absolute atomic E-state index is 12.0. The summed E-state index contributed by atoms with van der Waals surface area (Å²) in [6.45, 7) is 2.58. The second-order valence-electron chi connectivity index (χ2n) is 5.95. The number of hydrogen-bond acceptors (Lipinski definition) is 5. The van der Waals surface area contributed by atoms with E-state index in [1.807, 2.05) is 17.7 Å². The van der Waals surface area contributed by atoms with Gasteiger partial charge in [0.1, 0.15) is 18.5 Å². The molecule has 3 atom stereocenters. The lowest BCUT2D eigenvalue weighted by molar-refractivity contribution is -0.122. The smallest absolute Gasteiger partial charge is 0.220 e. The number of aryl methyl sites for hydroxylation is 2. The Balaban J connectivity index is 1.46. The highest BCUT2D eigenvalue weighted by Gasteiger charge is 2.36. The van der Waals surface area contributed by atoms with E-state index in [2.05, 4.69) is 20.4 Å². The molecule has 8 nitrogen and oxygen atoms in total. The standard InChI is InChI=1S/C15H22N6O2/c1-11-17-6-8-21(11)13-5-4-12(15(13)23)19-14(22)3-2-7-20-10-16-9-18-20/h6,8-10,12-13,15,23H,2-5,7H2,1H3,(H,19,22)/t12-,13-,15-/m1/s1. The first-order valence-electron chi connectivity index (χ1n) is 7.94. The molecule has 1 aliphatic rings. The summed E-state index contributed by atoms with van der Waals surface area (Å²) in [4.78, 5) is 20.1. The van der Waals surface area contributed by atoms with Gasteiger partial charge in [0.25, 0.3) is 0 Å². The molecular formula is C15H22N6O2. The van der Waals surface area contributed by atoms with E-state index in [1.165, 1.54) is 6.33 Å². The Morgan fingerprint density at radius 3 is 3.04 bits per heavy atom. The van der Waals surface area contributed by atoms with Crippen LogP contribution >= 0.6 is 0 Å². The molecule has 3 rings (SSSR count). The Labute approximate surface area is 134 Å². The molecule has 0 aliphatic heterocycles. The summed E-state index contributed by atoms with van der Waals surface area (Å²) >= 11 is 0. The lowest BCUT2D eigenvalue weighted by Gasteiger charge is -2.22. The van der Waals surface area contributed by atoms with Gasteiger partial charge >= 0.3 is 0 Å². The minimum Gasteiger partial charge on any atom is -0.389 e. The maximum Gasteiger partial charge on any atom is 0.220 e. The summed E-state index contributed by atoms with van der Waals surface area (Å²) in [6.07, 6.45) is 8.87. The van der Waals surface area contributed by atoms with Crippen molar-refractivity contribution >= 4 is 5.91 Å². The zero-order valence-corrected chi connectivity index (χ0v) is 13.2. The maximum atomic E-state index is 12.0. The minimum absolute atomic E-state index is 0.0158. The van der Waals surface area contributed by atoms with Crippen LogP contribution in [0.2, 0.25) is 0 Å². The average Bonchev–Trinajstić information content (AvgIpc) is 3.24. The first kappa shape index (κ1) is 15.7. The molecule has 2 aromatic rings. The fourth-order valence-electron chi connectivity index (χ4n) is 3.19. The highest BCUT2D eigenvalue weighted by Crippen LogP contribution is 2.31. The first-order valence-corrected chi connectivity index (χ1v) is 7.94. The Bertz CT molecular complexity index is 638. The molecule has 0 saturated heterocycles. The number of amides is 1. The molecule has 1 amide bonds. The zero-order chi connectivity index (χ0) is 16.2. The van der Waals surface area contributed by atoms with Crippen LogP contribution in [-0.2, 0) is 11.3 Å². The normalized spacial score (nSPS) is 24.0. The molecule has 0 spiro atoms. The molecule has 0 aromatic carbocycles. The third-order valence-electron chi connectivity index (χ3n) is 4.40. The van der Waals surface area contributed by atoms with E-state index in [4.69, 9.17) is 0 Å². The van der Waals surface area contributed by atoms with Gasteiger partial charge in [-0.2, -0.15) is 5.10 Å². The van der Waals surface area contributed by atoms with Gasteiger partial charge in [-0.1, -0.05) is 0 Å². The Morgan fingerprint density at radius 1 is 1.48 bits per heavy atom. The van der Waals surface area contributed by atoms with E-state index in [0.717, 1.165) is 18.7 Å². The second kappa shape index (κ2) is 6.91. The van der Waals surface area contributed by atoms with Gasteiger partial charge < -0.3 is 15.0 Å². The molecule has 23 heavy (non-hydrogen) atoms. The summed E-state index contributed by atoms with van der Waals surface area (Å²) in [5.74, 6) is 0.853. The third-order valence-corrected chi connectivity index (χ3v) is 4.40. The number of rotatable bonds is 6. The highest BCUT2D eigenvalue weighted by atomic mass is 16.3. The predicted octanol–water partition coefficient (Wildman–Crippen LogP) is 0.444. The van der Waals surface area contributed by atoms with Crippen LogP contribution in [0, 0.1) is 6.92 Å². The van der Waals surface area contributed by atoms with E-state index >= 15 is 0 Å². The van der Waals surface area contributed by atoms with Crippen LogP contribution < -0.4 is 5.32 Å². The molecule has 2 N–H and O–H groups in total. The summed E-state index contributed by atoms with van der Waals surface area (Å²) < 4.78 is 3.69. The molecule has 2 aromatic heterocycles. The molecule has 2 heterocycles. The average molecular weight is 318 g/mol. The number of aliphatic hydroxyl groups is 1. The van der Waals surface area contributed by atoms with E-state index in [1.54, 1.807) is 17.2 Å². The number of aliphatic hydroxyl groups excluding tert-OH is 1. The summed E-state index contributed by atoms with van der Waals surface area (Å²) in [7, 11) is 0. The molecule has 0 radical (unpaired) electrons. The fourth-order valence-corrected chi connectivity index (χ4v) is 3.19. The van der Waals surface area contributed by atoms with Crippen molar-refractivity contribution in [3.63, 3.8) is 0 Å². The lowest BCUT2D eigenvalue weighted by Crippen LogP contribution is -2.42. The van der Waals surface area contributed by atoms with Gasteiger partial charge in [-0.25, -0.2) is 9.97 Å². The largest absolute Gasteiger partial charge is 0.389 e.